The zero-order chi connectivity index (χ0) is 20.5. The number of amides is 3. The van der Waals surface area contributed by atoms with Gasteiger partial charge in [-0.25, -0.2) is 0 Å². The number of carbonyl (C=O) groups excluding carboxylic acids is 3. The first-order valence-electron chi connectivity index (χ1n) is 8.87. The molecule has 0 atom stereocenters. The van der Waals surface area contributed by atoms with Crippen LogP contribution in [-0.4, -0.2) is 29.7 Å². The lowest BCUT2D eigenvalue weighted by atomic mass is 9.95. The average molecular weight is 381 g/mol. The Hall–Kier alpha value is -4.24. The summed E-state index contributed by atoms with van der Waals surface area (Å²) in [7, 11) is 1.42. The number of fused-ring (bicyclic) bond motifs is 1. The molecule has 1 aliphatic heterocycles. The lowest BCUT2D eigenvalue weighted by molar-refractivity contribution is 0.0692. The second-order valence-electron chi connectivity index (χ2n) is 6.59. The molecule has 0 bridgehead atoms. The molecule has 3 aromatic rings. The lowest BCUT2D eigenvalue weighted by Crippen LogP contribution is -2.24. The van der Waals surface area contributed by atoms with Gasteiger partial charge in [-0.3, -0.25) is 19.3 Å². The third kappa shape index (κ3) is 3.05. The number of carbonyl (C=O) groups is 3. The van der Waals surface area contributed by atoms with Crippen LogP contribution in [0.1, 0.15) is 36.6 Å². The van der Waals surface area contributed by atoms with E-state index < -0.39 is 5.91 Å². The minimum absolute atomic E-state index is 0.262. The number of nitriles is 1. The van der Waals surface area contributed by atoms with Gasteiger partial charge >= 0.3 is 0 Å². The average Bonchev–Trinajstić information content (AvgIpc) is 2.97. The largest absolute Gasteiger partial charge is 0.322 e. The molecular formula is C23H15N3O3. The summed E-state index contributed by atoms with van der Waals surface area (Å²) >= 11 is 0. The predicted molar refractivity (Wildman–Crippen MR) is 107 cm³/mol. The van der Waals surface area contributed by atoms with E-state index in [-0.39, 0.29) is 17.4 Å². The number of anilines is 1. The van der Waals surface area contributed by atoms with E-state index in [0.717, 1.165) is 4.90 Å². The third-order valence-corrected chi connectivity index (χ3v) is 4.86. The summed E-state index contributed by atoms with van der Waals surface area (Å²) in [5.41, 5.74) is 3.16. The normalized spacial score (nSPS) is 12.5. The Morgan fingerprint density at radius 3 is 2.28 bits per heavy atom. The SMILES string of the molecule is CN1C(=O)c2ccc(NC(=O)c3ccccc3-c3ccccc3C#N)cc2C1=O. The van der Waals surface area contributed by atoms with Crippen molar-refractivity contribution in [2.45, 2.75) is 0 Å². The molecule has 0 unspecified atom stereocenters. The van der Waals surface area contributed by atoms with Crippen molar-refractivity contribution in [1.82, 2.24) is 4.90 Å². The molecule has 0 saturated carbocycles. The second kappa shape index (κ2) is 7.06. The van der Waals surface area contributed by atoms with Crippen LogP contribution in [-0.2, 0) is 0 Å². The predicted octanol–water partition coefficient (Wildman–Crippen LogP) is 3.70. The molecule has 4 rings (SSSR count). The van der Waals surface area contributed by atoms with Crippen LogP contribution < -0.4 is 5.32 Å². The third-order valence-electron chi connectivity index (χ3n) is 4.86. The first-order valence-corrected chi connectivity index (χ1v) is 8.87. The smallest absolute Gasteiger partial charge is 0.261 e. The molecule has 1 N–H and O–H groups in total. The van der Waals surface area contributed by atoms with Crippen LogP contribution in [0.4, 0.5) is 5.69 Å². The van der Waals surface area contributed by atoms with Crippen molar-refractivity contribution in [1.29, 1.82) is 5.26 Å². The first-order chi connectivity index (χ1) is 14.0. The van der Waals surface area contributed by atoms with Crippen LogP contribution in [0.5, 0.6) is 0 Å². The second-order valence-corrected chi connectivity index (χ2v) is 6.59. The molecule has 0 aromatic heterocycles. The number of nitrogens with zero attached hydrogens (tertiary/aromatic N) is 2. The van der Waals surface area contributed by atoms with Crippen LogP contribution in [0.25, 0.3) is 11.1 Å². The zero-order valence-electron chi connectivity index (χ0n) is 15.5. The molecule has 1 heterocycles. The highest BCUT2D eigenvalue weighted by Crippen LogP contribution is 2.29. The Kier molecular flexibility index (Phi) is 4.41. The molecule has 3 aromatic carbocycles. The van der Waals surface area contributed by atoms with E-state index in [2.05, 4.69) is 11.4 Å². The Bertz CT molecular complexity index is 1220. The van der Waals surface area contributed by atoms with Crippen molar-refractivity contribution in [2.75, 3.05) is 12.4 Å². The summed E-state index contributed by atoms with van der Waals surface area (Å²) in [6, 6.07) is 20.8. The molecule has 0 aliphatic carbocycles. The molecule has 6 heteroatoms. The maximum Gasteiger partial charge on any atom is 0.261 e. The van der Waals surface area contributed by atoms with E-state index in [0.29, 0.717) is 33.5 Å². The molecule has 0 spiro atoms. The monoisotopic (exact) mass is 381 g/mol. The summed E-state index contributed by atoms with van der Waals surface area (Å²) in [6.45, 7) is 0. The topological polar surface area (TPSA) is 90.3 Å². The fraction of sp³-hybridized carbons (Fsp3) is 0.0435. The van der Waals surface area contributed by atoms with E-state index in [9.17, 15) is 19.6 Å². The fourth-order valence-electron chi connectivity index (χ4n) is 3.37. The van der Waals surface area contributed by atoms with Crippen molar-refractivity contribution in [2.24, 2.45) is 0 Å². The minimum atomic E-state index is -0.399. The van der Waals surface area contributed by atoms with Crippen LogP contribution in [0.3, 0.4) is 0 Å². The fourth-order valence-corrected chi connectivity index (χ4v) is 3.37. The van der Waals surface area contributed by atoms with Gasteiger partial charge in [0.05, 0.1) is 22.8 Å². The van der Waals surface area contributed by atoms with E-state index in [1.165, 1.54) is 19.2 Å². The van der Waals surface area contributed by atoms with Gasteiger partial charge in [0.1, 0.15) is 0 Å². The van der Waals surface area contributed by atoms with Gasteiger partial charge in [0.15, 0.2) is 0 Å². The number of rotatable bonds is 3. The molecule has 3 amide bonds. The lowest BCUT2D eigenvalue weighted by Gasteiger charge is -2.12. The van der Waals surface area contributed by atoms with Crippen molar-refractivity contribution in [3.8, 4) is 17.2 Å². The quantitative estimate of drug-likeness (QED) is 0.701. The molecule has 0 radical (unpaired) electrons. The molecular weight excluding hydrogens is 366 g/mol. The van der Waals surface area contributed by atoms with Crippen molar-refractivity contribution in [3.63, 3.8) is 0 Å². The highest BCUT2D eigenvalue weighted by molar-refractivity contribution is 6.21. The first kappa shape index (κ1) is 18.1. The molecule has 140 valence electrons. The van der Waals surface area contributed by atoms with Gasteiger partial charge < -0.3 is 5.32 Å². The van der Waals surface area contributed by atoms with Crippen molar-refractivity contribution in [3.05, 3.63) is 89.0 Å². The number of hydrogen-bond acceptors (Lipinski definition) is 4. The highest BCUT2D eigenvalue weighted by atomic mass is 16.2. The molecule has 0 fully saturated rings. The van der Waals surface area contributed by atoms with E-state index in [4.69, 9.17) is 0 Å². The van der Waals surface area contributed by atoms with Gasteiger partial charge in [-0.1, -0.05) is 36.4 Å². The van der Waals surface area contributed by atoms with Gasteiger partial charge in [0.2, 0.25) is 0 Å². The van der Waals surface area contributed by atoms with E-state index in [1.54, 1.807) is 48.5 Å². The number of imide groups is 1. The minimum Gasteiger partial charge on any atom is -0.322 e. The molecule has 29 heavy (non-hydrogen) atoms. The number of nitrogens with one attached hydrogen (secondary N) is 1. The summed E-state index contributed by atoms with van der Waals surface area (Å²) in [6.07, 6.45) is 0. The molecule has 6 nitrogen and oxygen atoms in total. The van der Waals surface area contributed by atoms with Crippen LogP contribution in [0.15, 0.2) is 66.7 Å². The van der Waals surface area contributed by atoms with Gasteiger partial charge in [0, 0.05) is 23.9 Å². The highest BCUT2D eigenvalue weighted by Gasteiger charge is 2.32. The van der Waals surface area contributed by atoms with Gasteiger partial charge in [0.25, 0.3) is 17.7 Å². The Labute approximate surface area is 167 Å². The summed E-state index contributed by atoms with van der Waals surface area (Å²) in [4.78, 5) is 38.2. The van der Waals surface area contributed by atoms with Gasteiger partial charge in [-0.2, -0.15) is 5.26 Å². The Morgan fingerprint density at radius 1 is 0.862 bits per heavy atom. The number of hydrogen-bond donors (Lipinski definition) is 1. The van der Waals surface area contributed by atoms with Crippen LogP contribution in [0, 0.1) is 11.3 Å². The Morgan fingerprint density at radius 2 is 1.52 bits per heavy atom. The van der Waals surface area contributed by atoms with E-state index >= 15 is 0 Å². The van der Waals surface area contributed by atoms with E-state index in [1.807, 2.05) is 6.07 Å². The number of benzene rings is 3. The maximum atomic E-state index is 13.0. The van der Waals surface area contributed by atoms with Crippen LogP contribution in [0.2, 0.25) is 0 Å². The standard InChI is InChI=1S/C23H15N3O3/c1-26-22(28)19-11-10-15(12-20(19)23(26)29)25-21(27)18-9-5-4-8-17(18)16-7-3-2-6-14(16)13-24/h2-12H,1H3,(H,25,27). The summed E-state index contributed by atoms with van der Waals surface area (Å²) in [5, 5.41) is 12.2. The van der Waals surface area contributed by atoms with Crippen molar-refractivity contribution < 1.29 is 14.4 Å². The molecule has 0 saturated heterocycles. The zero-order valence-corrected chi connectivity index (χ0v) is 15.5. The van der Waals surface area contributed by atoms with Gasteiger partial charge in [-0.15, -0.1) is 0 Å². The van der Waals surface area contributed by atoms with Crippen LogP contribution >= 0.6 is 0 Å². The van der Waals surface area contributed by atoms with Crippen molar-refractivity contribution >= 4 is 23.4 Å². The summed E-state index contributed by atoms with van der Waals surface area (Å²) < 4.78 is 0. The Balaban J connectivity index is 1.69. The maximum absolute atomic E-state index is 13.0. The molecule has 1 aliphatic rings. The summed E-state index contributed by atoms with van der Waals surface area (Å²) in [5.74, 6) is -1.14. The van der Waals surface area contributed by atoms with Gasteiger partial charge in [-0.05, 0) is 35.9 Å².